The number of hydrogen-bond donors (Lipinski definition) is 2. The summed E-state index contributed by atoms with van der Waals surface area (Å²) in [5.41, 5.74) is 0.189. The van der Waals surface area contributed by atoms with E-state index in [-0.39, 0.29) is 29.4 Å². The number of aliphatic imine (C=N–C) groups is 1. The Bertz CT molecular complexity index is 339. The monoisotopic (exact) mass is 425 g/mol. The van der Waals surface area contributed by atoms with Crippen molar-refractivity contribution >= 4 is 29.9 Å². The van der Waals surface area contributed by atoms with Crippen LogP contribution in [0, 0.1) is 17.3 Å². The molecule has 1 saturated heterocycles. The van der Waals surface area contributed by atoms with Gasteiger partial charge in [0.15, 0.2) is 5.96 Å². The number of hydrogen-bond acceptors (Lipinski definition) is 2. The third-order valence-corrected chi connectivity index (χ3v) is 4.42. The second-order valence-electron chi connectivity index (χ2n) is 7.69. The van der Waals surface area contributed by atoms with Crippen LogP contribution < -0.4 is 10.6 Å². The Kier molecular flexibility index (Phi) is 9.94. The molecular weight excluding hydrogens is 389 g/mol. The molecule has 1 heterocycles. The van der Waals surface area contributed by atoms with E-state index in [1.807, 2.05) is 7.05 Å². The van der Waals surface area contributed by atoms with Crippen molar-refractivity contribution in [3.63, 3.8) is 0 Å². The predicted molar refractivity (Wildman–Crippen MR) is 106 cm³/mol. The fourth-order valence-electron chi connectivity index (χ4n) is 2.81. The van der Waals surface area contributed by atoms with Crippen LogP contribution in [-0.4, -0.2) is 38.3 Å². The first-order valence-electron chi connectivity index (χ1n) is 8.34. The normalized spacial score (nSPS) is 24.6. The molecule has 1 aliphatic rings. The summed E-state index contributed by atoms with van der Waals surface area (Å²) in [5.74, 6) is 2.03. The minimum absolute atomic E-state index is 0. The number of halogens is 1. The molecule has 0 aliphatic carbocycles. The molecule has 3 unspecified atom stereocenters. The van der Waals surface area contributed by atoms with Crippen LogP contribution in [0.3, 0.4) is 0 Å². The highest BCUT2D eigenvalue weighted by Gasteiger charge is 2.35. The fourth-order valence-corrected chi connectivity index (χ4v) is 2.81. The average Bonchev–Trinajstić information content (AvgIpc) is 2.42. The van der Waals surface area contributed by atoms with E-state index in [4.69, 9.17) is 4.74 Å². The summed E-state index contributed by atoms with van der Waals surface area (Å²) in [5, 5.41) is 6.94. The lowest BCUT2D eigenvalue weighted by molar-refractivity contribution is -0.0835. The molecule has 0 spiro atoms. The van der Waals surface area contributed by atoms with Gasteiger partial charge in [0.05, 0.1) is 6.10 Å². The standard InChI is InChI=1S/C17H35N3O.HI/c1-12(2)13(3)20-16(18-7)19-11-14-9-8-10-21-15(14)17(4,5)6;/h12-15H,8-11H2,1-7H3,(H2,18,19,20);1H. The number of guanidine groups is 1. The van der Waals surface area contributed by atoms with E-state index in [9.17, 15) is 0 Å². The van der Waals surface area contributed by atoms with Crippen LogP contribution >= 0.6 is 24.0 Å². The molecule has 5 heteroatoms. The van der Waals surface area contributed by atoms with Gasteiger partial charge in [-0.05, 0) is 31.1 Å². The maximum atomic E-state index is 6.04. The highest BCUT2D eigenvalue weighted by Crippen LogP contribution is 2.33. The lowest BCUT2D eigenvalue weighted by atomic mass is 9.78. The molecule has 22 heavy (non-hydrogen) atoms. The van der Waals surface area contributed by atoms with Crippen molar-refractivity contribution < 1.29 is 4.74 Å². The summed E-state index contributed by atoms with van der Waals surface area (Å²) in [6.45, 7) is 15.3. The summed E-state index contributed by atoms with van der Waals surface area (Å²) < 4.78 is 6.04. The molecule has 0 bridgehead atoms. The summed E-state index contributed by atoms with van der Waals surface area (Å²) in [6, 6.07) is 0.414. The third-order valence-electron chi connectivity index (χ3n) is 4.42. The zero-order valence-electron chi connectivity index (χ0n) is 15.4. The van der Waals surface area contributed by atoms with Crippen LogP contribution in [0.2, 0.25) is 0 Å². The van der Waals surface area contributed by atoms with Crippen LogP contribution in [0.1, 0.15) is 54.4 Å². The third kappa shape index (κ3) is 7.02. The van der Waals surface area contributed by atoms with E-state index in [1.165, 1.54) is 6.42 Å². The number of nitrogens with one attached hydrogen (secondary N) is 2. The zero-order valence-corrected chi connectivity index (χ0v) is 17.7. The Labute approximate surface area is 154 Å². The lowest BCUT2D eigenvalue weighted by Gasteiger charge is -2.40. The van der Waals surface area contributed by atoms with Crippen molar-refractivity contribution in [2.24, 2.45) is 22.2 Å². The molecule has 1 fully saturated rings. The number of rotatable bonds is 4. The maximum absolute atomic E-state index is 6.04. The Hall–Kier alpha value is -0.0400. The van der Waals surface area contributed by atoms with E-state index in [2.05, 4.69) is 57.2 Å². The van der Waals surface area contributed by atoms with Gasteiger partial charge in [-0.25, -0.2) is 0 Å². The first-order valence-corrected chi connectivity index (χ1v) is 8.34. The highest BCUT2D eigenvalue weighted by atomic mass is 127. The van der Waals surface area contributed by atoms with Crippen molar-refractivity contribution in [1.29, 1.82) is 0 Å². The molecule has 1 rings (SSSR count). The summed E-state index contributed by atoms with van der Waals surface area (Å²) in [6.07, 6.45) is 2.71. The molecule has 2 N–H and O–H groups in total. The second kappa shape index (κ2) is 9.96. The quantitative estimate of drug-likeness (QED) is 0.411. The molecule has 0 saturated carbocycles. The molecular formula is C17H36IN3O. The molecule has 0 amide bonds. The van der Waals surface area contributed by atoms with Gasteiger partial charge in [-0.15, -0.1) is 24.0 Å². The first kappa shape index (κ1) is 22.0. The van der Waals surface area contributed by atoms with Crippen molar-refractivity contribution in [2.75, 3.05) is 20.2 Å². The van der Waals surface area contributed by atoms with Gasteiger partial charge in [0, 0.05) is 32.2 Å². The van der Waals surface area contributed by atoms with Crippen molar-refractivity contribution in [3.8, 4) is 0 Å². The topological polar surface area (TPSA) is 45.7 Å². The maximum Gasteiger partial charge on any atom is 0.191 e. The molecule has 0 aromatic rings. The Morgan fingerprint density at radius 2 is 1.91 bits per heavy atom. The summed E-state index contributed by atoms with van der Waals surface area (Å²) in [4.78, 5) is 4.34. The number of ether oxygens (including phenoxy) is 1. The van der Waals surface area contributed by atoms with Crippen molar-refractivity contribution in [2.45, 2.75) is 66.5 Å². The van der Waals surface area contributed by atoms with E-state index < -0.39 is 0 Å². The van der Waals surface area contributed by atoms with E-state index in [0.717, 1.165) is 25.5 Å². The molecule has 0 radical (unpaired) electrons. The molecule has 1 aliphatic heterocycles. The van der Waals surface area contributed by atoms with E-state index >= 15 is 0 Å². The first-order chi connectivity index (χ1) is 9.75. The van der Waals surface area contributed by atoms with Crippen LogP contribution in [0.4, 0.5) is 0 Å². The Morgan fingerprint density at radius 1 is 1.27 bits per heavy atom. The lowest BCUT2D eigenvalue weighted by Crippen LogP contribution is -2.49. The van der Waals surface area contributed by atoms with Crippen LogP contribution in [0.5, 0.6) is 0 Å². The highest BCUT2D eigenvalue weighted by molar-refractivity contribution is 14.0. The van der Waals surface area contributed by atoms with Crippen molar-refractivity contribution in [3.05, 3.63) is 0 Å². The van der Waals surface area contributed by atoms with Crippen LogP contribution in [-0.2, 0) is 4.74 Å². The van der Waals surface area contributed by atoms with Gasteiger partial charge in [0.25, 0.3) is 0 Å². The molecule has 0 aromatic heterocycles. The average molecular weight is 425 g/mol. The van der Waals surface area contributed by atoms with Gasteiger partial charge in [-0.3, -0.25) is 4.99 Å². The van der Waals surface area contributed by atoms with E-state index in [0.29, 0.717) is 24.0 Å². The Morgan fingerprint density at radius 3 is 2.41 bits per heavy atom. The van der Waals surface area contributed by atoms with Gasteiger partial charge in [0.1, 0.15) is 0 Å². The number of nitrogens with zero attached hydrogens (tertiary/aromatic N) is 1. The fraction of sp³-hybridized carbons (Fsp3) is 0.941. The molecule has 4 nitrogen and oxygen atoms in total. The van der Waals surface area contributed by atoms with Gasteiger partial charge in [-0.2, -0.15) is 0 Å². The molecule has 3 atom stereocenters. The Balaban J connectivity index is 0.00000441. The minimum atomic E-state index is 0. The van der Waals surface area contributed by atoms with Crippen LogP contribution in [0.15, 0.2) is 4.99 Å². The summed E-state index contributed by atoms with van der Waals surface area (Å²) >= 11 is 0. The largest absolute Gasteiger partial charge is 0.377 e. The summed E-state index contributed by atoms with van der Waals surface area (Å²) in [7, 11) is 1.83. The smallest absolute Gasteiger partial charge is 0.191 e. The van der Waals surface area contributed by atoms with Gasteiger partial charge >= 0.3 is 0 Å². The second-order valence-corrected chi connectivity index (χ2v) is 7.69. The zero-order chi connectivity index (χ0) is 16.0. The van der Waals surface area contributed by atoms with E-state index in [1.54, 1.807) is 0 Å². The van der Waals surface area contributed by atoms with Gasteiger partial charge < -0.3 is 15.4 Å². The molecule has 0 aromatic carbocycles. The van der Waals surface area contributed by atoms with Gasteiger partial charge in [-0.1, -0.05) is 34.6 Å². The van der Waals surface area contributed by atoms with Gasteiger partial charge in [0.2, 0.25) is 0 Å². The minimum Gasteiger partial charge on any atom is -0.377 e. The predicted octanol–water partition coefficient (Wildman–Crippen LogP) is 3.66. The van der Waals surface area contributed by atoms with Crippen LogP contribution in [0.25, 0.3) is 0 Å². The van der Waals surface area contributed by atoms with Crippen molar-refractivity contribution in [1.82, 2.24) is 10.6 Å². The molecule has 132 valence electrons. The SMILES string of the molecule is CN=C(NCC1CCCOC1C(C)(C)C)NC(C)C(C)C.I.